The van der Waals surface area contributed by atoms with Crippen LogP contribution in [0.4, 0.5) is 5.69 Å². The highest BCUT2D eigenvalue weighted by atomic mass is 32.2. The number of nitrogen functional groups attached to an aromatic ring is 1. The van der Waals surface area contributed by atoms with Crippen LogP contribution in [0.5, 0.6) is 0 Å². The van der Waals surface area contributed by atoms with E-state index in [2.05, 4.69) is 0 Å². The zero-order valence-electron chi connectivity index (χ0n) is 10.5. The van der Waals surface area contributed by atoms with Crippen molar-refractivity contribution in [2.24, 2.45) is 0 Å². The molecule has 3 rings (SSSR count). The summed E-state index contributed by atoms with van der Waals surface area (Å²) in [6.45, 7) is 0. The van der Waals surface area contributed by atoms with Crippen molar-refractivity contribution in [1.82, 2.24) is 0 Å². The fourth-order valence-corrected chi connectivity index (χ4v) is 3.52. The summed E-state index contributed by atoms with van der Waals surface area (Å²) in [6.07, 6.45) is -0.130. The number of benzene rings is 2. The van der Waals surface area contributed by atoms with Crippen LogP contribution < -0.4 is 5.73 Å². The molecule has 0 fully saturated rings. The number of hydrogen-bond acceptors (Lipinski definition) is 4. The van der Waals surface area contributed by atoms with Crippen molar-refractivity contribution in [3.05, 3.63) is 53.1 Å². The predicted molar refractivity (Wildman–Crippen MR) is 77.0 cm³/mol. The topological polar surface area (TPSA) is 83.6 Å². The molecule has 4 N–H and O–H groups in total. The summed E-state index contributed by atoms with van der Waals surface area (Å²) in [5.41, 5.74) is 8.44. The predicted octanol–water partition coefficient (Wildman–Crippen LogP) is 2.71. The lowest BCUT2D eigenvalue weighted by Crippen LogP contribution is -2.02. The Morgan fingerprint density at radius 2 is 2.00 bits per heavy atom. The lowest BCUT2D eigenvalue weighted by molar-refractivity contribution is 0.0696. The summed E-state index contributed by atoms with van der Waals surface area (Å²) in [5, 5.41) is 19.4. The van der Waals surface area contributed by atoms with Gasteiger partial charge in [0.25, 0.3) is 0 Å². The molecule has 20 heavy (non-hydrogen) atoms. The largest absolute Gasteiger partial charge is 0.478 e. The van der Waals surface area contributed by atoms with Crippen LogP contribution in [-0.2, 0) is 6.42 Å². The van der Waals surface area contributed by atoms with Crippen molar-refractivity contribution in [3.8, 4) is 0 Å². The Kier molecular flexibility index (Phi) is 3.16. The van der Waals surface area contributed by atoms with Crippen molar-refractivity contribution in [2.75, 3.05) is 5.73 Å². The van der Waals surface area contributed by atoms with Crippen LogP contribution in [0.15, 0.2) is 46.2 Å². The van der Waals surface area contributed by atoms with E-state index < -0.39 is 12.1 Å². The van der Waals surface area contributed by atoms with Crippen LogP contribution >= 0.6 is 11.8 Å². The van der Waals surface area contributed by atoms with Gasteiger partial charge in [-0.3, -0.25) is 0 Å². The molecule has 0 radical (unpaired) electrons. The van der Waals surface area contributed by atoms with Crippen LogP contribution in [0.3, 0.4) is 0 Å². The first-order chi connectivity index (χ1) is 9.54. The molecule has 1 aliphatic rings. The van der Waals surface area contributed by atoms with Gasteiger partial charge >= 0.3 is 5.97 Å². The molecule has 5 heteroatoms. The number of carboxylic acid groups (broad SMARTS) is 1. The molecule has 102 valence electrons. The summed E-state index contributed by atoms with van der Waals surface area (Å²) < 4.78 is 0. The van der Waals surface area contributed by atoms with Crippen LogP contribution in [0, 0.1) is 0 Å². The maximum atomic E-state index is 11.1. The maximum Gasteiger partial charge on any atom is 0.335 e. The number of aliphatic hydroxyl groups is 1. The van der Waals surface area contributed by atoms with E-state index in [1.807, 2.05) is 12.1 Å². The van der Waals surface area contributed by atoms with E-state index in [1.165, 1.54) is 11.8 Å². The molecule has 0 spiro atoms. The van der Waals surface area contributed by atoms with E-state index in [-0.39, 0.29) is 5.56 Å². The molecule has 2 aromatic carbocycles. The first kappa shape index (κ1) is 13.0. The smallest absolute Gasteiger partial charge is 0.335 e. The molecule has 0 saturated carbocycles. The van der Waals surface area contributed by atoms with Crippen LogP contribution in [0.25, 0.3) is 0 Å². The van der Waals surface area contributed by atoms with Gasteiger partial charge in [-0.2, -0.15) is 0 Å². The number of anilines is 1. The molecule has 0 saturated heterocycles. The third kappa shape index (κ3) is 2.26. The Labute approximate surface area is 120 Å². The van der Waals surface area contributed by atoms with E-state index in [0.29, 0.717) is 12.1 Å². The summed E-state index contributed by atoms with van der Waals surface area (Å²) >= 11 is 1.45. The Hall–Kier alpha value is -1.98. The highest BCUT2D eigenvalue weighted by molar-refractivity contribution is 7.99. The van der Waals surface area contributed by atoms with Gasteiger partial charge in [0.1, 0.15) is 0 Å². The second-order valence-electron chi connectivity index (χ2n) is 4.75. The number of aliphatic hydroxyl groups excluding tert-OH is 1. The van der Waals surface area contributed by atoms with Gasteiger partial charge in [-0.25, -0.2) is 4.79 Å². The lowest BCUT2D eigenvalue weighted by Gasteiger charge is -2.11. The first-order valence-electron chi connectivity index (χ1n) is 6.16. The molecular weight excluding hydrogens is 274 g/mol. The molecule has 1 unspecified atom stereocenters. The normalized spacial score (nSPS) is 16.9. The number of carboxylic acids is 1. The Bertz CT molecular complexity index is 700. The highest BCUT2D eigenvalue weighted by Crippen LogP contribution is 2.41. The summed E-state index contributed by atoms with van der Waals surface area (Å²) in [7, 11) is 0. The third-order valence-electron chi connectivity index (χ3n) is 3.34. The number of carbonyl (C=O) groups is 1. The minimum atomic E-state index is -0.953. The standard InChI is InChI=1S/C15H13NO3S/c16-10-3-4-11-12(17)5-8-1-2-9(15(18)19)6-13(8)20-14(11)7-10/h1-4,6-7,12,17H,5,16H2,(H,18,19). The van der Waals surface area contributed by atoms with Gasteiger partial charge in [0.15, 0.2) is 0 Å². The van der Waals surface area contributed by atoms with Crippen LogP contribution in [0.2, 0.25) is 0 Å². The minimum Gasteiger partial charge on any atom is -0.478 e. The van der Waals surface area contributed by atoms with Crippen LogP contribution in [-0.4, -0.2) is 16.2 Å². The molecule has 1 heterocycles. The molecule has 0 bridgehead atoms. The number of aromatic carboxylic acids is 1. The second-order valence-corrected chi connectivity index (χ2v) is 5.83. The molecular formula is C15H13NO3S. The average Bonchev–Trinajstić information content (AvgIpc) is 2.53. The van der Waals surface area contributed by atoms with Gasteiger partial charge in [-0.05, 0) is 35.4 Å². The third-order valence-corrected chi connectivity index (χ3v) is 4.52. The Morgan fingerprint density at radius 1 is 1.20 bits per heavy atom. The molecule has 1 atom stereocenters. The SMILES string of the molecule is Nc1ccc2c(c1)Sc1cc(C(=O)O)ccc1CC2O. The van der Waals surface area contributed by atoms with E-state index in [4.69, 9.17) is 10.8 Å². The summed E-state index contributed by atoms with van der Waals surface area (Å²) in [4.78, 5) is 12.8. The number of fused-ring (bicyclic) bond motifs is 2. The molecule has 0 aromatic heterocycles. The molecule has 0 amide bonds. The number of rotatable bonds is 1. The Balaban J connectivity index is 2.12. The average molecular weight is 287 g/mol. The van der Waals surface area contributed by atoms with Gasteiger partial charge in [0, 0.05) is 21.9 Å². The van der Waals surface area contributed by atoms with Crippen molar-refractivity contribution >= 4 is 23.4 Å². The Morgan fingerprint density at radius 3 is 2.75 bits per heavy atom. The van der Waals surface area contributed by atoms with Gasteiger partial charge in [0.05, 0.1) is 11.7 Å². The molecule has 2 aromatic rings. The van der Waals surface area contributed by atoms with Crippen molar-refractivity contribution in [3.63, 3.8) is 0 Å². The highest BCUT2D eigenvalue weighted by Gasteiger charge is 2.22. The van der Waals surface area contributed by atoms with E-state index in [1.54, 1.807) is 24.3 Å². The van der Waals surface area contributed by atoms with Crippen LogP contribution in [0.1, 0.15) is 27.6 Å². The fraction of sp³-hybridized carbons (Fsp3) is 0.133. The zero-order chi connectivity index (χ0) is 14.3. The fourth-order valence-electron chi connectivity index (χ4n) is 2.30. The van der Waals surface area contributed by atoms with E-state index in [9.17, 15) is 9.90 Å². The van der Waals surface area contributed by atoms with Gasteiger partial charge in [-0.15, -0.1) is 0 Å². The lowest BCUT2D eigenvalue weighted by atomic mass is 10.0. The first-order valence-corrected chi connectivity index (χ1v) is 6.98. The second kappa shape index (κ2) is 4.85. The molecule has 1 aliphatic heterocycles. The number of hydrogen-bond donors (Lipinski definition) is 3. The van der Waals surface area contributed by atoms with Crippen molar-refractivity contribution < 1.29 is 15.0 Å². The van der Waals surface area contributed by atoms with E-state index in [0.717, 1.165) is 20.9 Å². The van der Waals surface area contributed by atoms with Gasteiger partial charge < -0.3 is 15.9 Å². The van der Waals surface area contributed by atoms with E-state index >= 15 is 0 Å². The van der Waals surface area contributed by atoms with Gasteiger partial charge in [-0.1, -0.05) is 23.9 Å². The number of nitrogens with two attached hydrogens (primary N) is 1. The van der Waals surface area contributed by atoms with Gasteiger partial charge in [0.2, 0.25) is 0 Å². The maximum absolute atomic E-state index is 11.1. The monoisotopic (exact) mass is 287 g/mol. The quantitative estimate of drug-likeness (QED) is 0.702. The van der Waals surface area contributed by atoms with Crippen molar-refractivity contribution in [1.29, 1.82) is 0 Å². The summed E-state index contributed by atoms with van der Waals surface area (Å²) in [5.74, 6) is -0.953. The zero-order valence-corrected chi connectivity index (χ0v) is 11.4. The molecule has 0 aliphatic carbocycles. The molecule has 4 nitrogen and oxygen atoms in total. The minimum absolute atomic E-state index is 0.248. The summed E-state index contributed by atoms with van der Waals surface area (Å²) in [6, 6.07) is 10.4. The van der Waals surface area contributed by atoms with Crippen molar-refractivity contribution in [2.45, 2.75) is 22.3 Å².